The maximum absolute atomic E-state index is 2.50. The van der Waals surface area contributed by atoms with E-state index in [0.717, 1.165) is 0 Å². The minimum Gasteiger partial charge on any atom is -0.311 e. The minimum atomic E-state index is 0.179. The van der Waals surface area contributed by atoms with E-state index in [1.54, 1.807) is 0 Å². The largest absolute Gasteiger partial charge is 0.311 e. The second-order valence-electron chi connectivity index (χ2n) is 29.6. The molecular weight excluding hydrogens is 1310 g/mol. The zero-order valence-electron chi connectivity index (χ0n) is 59.5. The van der Waals surface area contributed by atoms with E-state index in [-0.39, 0.29) is 20.1 Å². The molecule has 0 spiro atoms. The highest BCUT2D eigenvalue weighted by Gasteiger charge is 2.46. The molecule has 0 atom stereocenters. The molecule has 0 radical (unpaired) electrons. The third kappa shape index (κ3) is 9.24. The second kappa shape index (κ2) is 24.3. The summed E-state index contributed by atoms with van der Waals surface area (Å²) in [5.41, 5.74) is 43.4. The van der Waals surface area contributed by atoms with Crippen molar-refractivity contribution in [2.45, 2.75) is 0 Å². The van der Waals surface area contributed by atoms with E-state index < -0.39 is 0 Å². The lowest BCUT2D eigenvalue weighted by molar-refractivity contribution is 1.17. The minimum absolute atomic E-state index is 0.179. The molecule has 6 aliphatic rings. The Balaban J connectivity index is 0.000000101. The molecule has 109 heavy (non-hydrogen) atoms. The van der Waals surface area contributed by atoms with Crippen molar-refractivity contribution >= 4 is 147 Å². The normalized spacial score (nSPS) is 12.9. The van der Waals surface area contributed by atoms with Crippen molar-refractivity contribution in [3.05, 3.63) is 394 Å². The smallest absolute Gasteiger partial charge is 0.248 e. The molecule has 0 aliphatic carbocycles. The molecule has 6 aliphatic heterocycles. The van der Waals surface area contributed by atoms with Crippen LogP contribution in [0.1, 0.15) is 0 Å². The van der Waals surface area contributed by atoms with Crippen LogP contribution in [0.25, 0.3) is 122 Å². The van der Waals surface area contributed by atoms with Crippen molar-refractivity contribution in [3.63, 3.8) is 0 Å². The first-order valence-electron chi connectivity index (χ1n) is 38.1. The van der Waals surface area contributed by atoms with Crippen molar-refractivity contribution in [2.24, 2.45) is 0 Å². The first-order valence-corrected chi connectivity index (χ1v) is 38.1. The third-order valence-corrected chi connectivity index (χ3v) is 24.1. The van der Waals surface area contributed by atoms with Crippen LogP contribution in [0.2, 0.25) is 0 Å². The molecule has 7 heteroatoms. The van der Waals surface area contributed by atoms with Gasteiger partial charge in [-0.05, 0) is 191 Å². The Kier molecular flexibility index (Phi) is 13.7. The van der Waals surface area contributed by atoms with Gasteiger partial charge in [0.25, 0.3) is 0 Å². The van der Waals surface area contributed by atoms with Gasteiger partial charge in [0, 0.05) is 72.6 Å². The van der Waals surface area contributed by atoms with Gasteiger partial charge in [-0.3, -0.25) is 0 Å². The Bertz CT molecular complexity index is 6900. The van der Waals surface area contributed by atoms with Gasteiger partial charge in [0.2, 0.25) is 20.1 Å². The van der Waals surface area contributed by atoms with Crippen molar-refractivity contribution in [1.82, 2.24) is 9.13 Å². The van der Waals surface area contributed by atoms with E-state index >= 15 is 0 Å². The van der Waals surface area contributed by atoms with Gasteiger partial charge < -0.3 is 18.9 Å². The summed E-state index contributed by atoms with van der Waals surface area (Å²) >= 11 is 0. The van der Waals surface area contributed by atoms with Crippen molar-refractivity contribution in [2.75, 3.05) is 9.80 Å². The SMILES string of the molecule is c1ccc(-c2cc3c4c(c2)N(c2ccccc2)c2ccccc2B4c2ccccc2-3)cc1.c1ccc(-c2ccc3c(c2)-c2cccc4c2B3c2ccc(-n3c5ccccc5c5ccccc53)cc2N4c2ccccc2)cc1.c1ccc(-c2ccc3c(c2)B2c4ccccc4-n4c5ccccc5c5ccc-3c2c54)cc1. The number of hydrogen-bond acceptors (Lipinski definition) is 2. The summed E-state index contributed by atoms with van der Waals surface area (Å²) in [6.45, 7) is 0.732. The summed E-state index contributed by atoms with van der Waals surface area (Å²) in [7, 11) is 0. The number of aromatic nitrogens is 2. The number of hydrogen-bond donors (Lipinski definition) is 0. The summed E-state index contributed by atoms with van der Waals surface area (Å²) in [5.74, 6) is 0. The van der Waals surface area contributed by atoms with Gasteiger partial charge in [-0.15, -0.1) is 0 Å². The number of anilines is 6. The maximum atomic E-state index is 2.50. The van der Waals surface area contributed by atoms with Crippen molar-refractivity contribution < 1.29 is 0 Å². The van der Waals surface area contributed by atoms with E-state index in [1.807, 2.05) is 0 Å². The number of fused-ring (bicyclic) bond motifs is 22. The highest BCUT2D eigenvalue weighted by atomic mass is 15.2. The quantitative estimate of drug-likeness (QED) is 0.154. The van der Waals surface area contributed by atoms with Crippen LogP contribution in [0.4, 0.5) is 34.1 Å². The average molecular weight is 1380 g/mol. The van der Waals surface area contributed by atoms with Gasteiger partial charge in [0.1, 0.15) is 0 Å². The zero-order chi connectivity index (χ0) is 71.4. The molecule has 8 heterocycles. The Morgan fingerprint density at radius 3 is 1.26 bits per heavy atom. The molecule has 4 nitrogen and oxygen atoms in total. The van der Waals surface area contributed by atoms with Crippen LogP contribution in [0, 0.1) is 0 Å². The molecule has 0 saturated carbocycles. The number of benzene rings is 17. The van der Waals surface area contributed by atoms with Gasteiger partial charge in [0.05, 0.1) is 16.6 Å². The summed E-state index contributed by atoms with van der Waals surface area (Å²) in [6.07, 6.45) is 0. The fraction of sp³-hybridized carbons (Fsp3) is 0. The first kappa shape index (κ1) is 61.4. The number of nitrogens with zero attached hydrogens (tertiary/aromatic N) is 4. The molecule has 0 fully saturated rings. The second-order valence-corrected chi connectivity index (χ2v) is 29.6. The maximum Gasteiger partial charge on any atom is 0.248 e. The summed E-state index contributed by atoms with van der Waals surface area (Å²) in [4.78, 5) is 4.93. The molecule has 502 valence electrons. The van der Waals surface area contributed by atoms with Crippen LogP contribution in [0.3, 0.4) is 0 Å². The van der Waals surface area contributed by atoms with Crippen molar-refractivity contribution in [3.8, 4) is 78.1 Å². The van der Waals surface area contributed by atoms with Crippen LogP contribution < -0.4 is 59.0 Å². The monoisotopic (exact) mass is 1380 g/mol. The Labute approximate surface area is 634 Å². The molecular formula is C102H65B3N4. The average Bonchev–Trinajstić information content (AvgIpc) is 1.56. The Hall–Kier alpha value is -13.9. The Morgan fingerprint density at radius 1 is 0.174 bits per heavy atom. The molecule has 0 N–H and O–H groups in total. The molecule has 0 bridgehead atoms. The van der Waals surface area contributed by atoms with Crippen LogP contribution >= 0.6 is 0 Å². The van der Waals surface area contributed by atoms with E-state index in [2.05, 4.69) is 413 Å². The van der Waals surface area contributed by atoms with E-state index in [9.17, 15) is 0 Å². The van der Waals surface area contributed by atoms with E-state index in [1.165, 1.54) is 205 Å². The topological polar surface area (TPSA) is 16.3 Å². The molecule has 0 saturated heterocycles. The van der Waals surface area contributed by atoms with Gasteiger partial charge in [0.15, 0.2) is 0 Å². The predicted molar refractivity (Wildman–Crippen MR) is 464 cm³/mol. The van der Waals surface area contributed by atoms with Gasteiger partial charge in [-0.1, -0.05) is 320 Å². The van der Waals surface area contributed by atoms with Crippen LogP contribution in [-0.4, -0.2) is 29.3 Å². The first-order chi connectivity index (χ1) is 54.1. The van der Waals surface area contributed by atoms with Gasteiger partial charge >= 0.3 is 0 Å². The summed E-state index contributed by atoms with van der Waals surface area (Å²) in [5, 5.41) is 5.25. The zero-order valence-corrected chi connectivity index (χ0v) is 59.5. The lowest BCUT2D eigenvalue weighted by Gasteiger charge is -2.36. The molecule has 0 unspecified atom stereocenters. The highest BCUT2D eigenvalue weighted by molar-refractivity contribution is 7.03. The van der Waals surface area contributed by atoms with Crippen LogP contribution in [0.15, 0.2) is 394 Å². The molecule has 25 rings (SSSR count). The Morgan fingerprint density at radius 2 is 0.596 bits per heavy atom. The fourth-order valence-electron chi connectivity index (χ4n) is 19.6. The summed E-state index contributed by atoms with van der Waals surface area (Å²) < 4.78 is 4.92. The van der Waals surface area contributed by atoms with Crippen LogP contribution in [-0.2, 0) is 0 Å². The number of rotatable bonds is 6. The highest BCUT2D eigenvalue weighted by Crippen LogP contribution is 2.46. The lowest BCUT2D eigenvalue weighted by Crippen LogP contribution is -2.54. The molecule has 19 aromatic rings. The van der Waals surface area contributed by atoms with Gasteiger partial charge in [-0.2, -0.15) is 0 Å². The van der Waals surface area contributed by atoms with Crippen LogP contribution in [0.5, 0.6) is 0 Å². The van der Waals surface area contributed by atoms with Crippen molar-refractivity contribution in [1.29, 1.82) is 0 Å². The van der Waals surface area contributed by atoms with E-state index in [0.29, 0.717) is 0 Å². The molecule has 17 aromatic carbocycles. The third-order valence-electron chi connectivity index (χ3n) is 24.1. The van der Waals surface area contributed by atoms with Gasteiger partial charge in [-0.25, -0.2) is 0 Å². The summed E-state index contributed by atoms with van der Waals surface area (Å²) in [6, 6.07) is 144. The standard InChI is InChI=1S/C42H27BN2.C30H18BN.C30H20BN/c1-3-12-28(13-4-1)29-22-24-36-35(26-29)34-18-11-21-40-42(34)43(36)37-25-23-31(27-41(37)44(40)30-14-5-2-6-15-30)45-38-19-9-7-16-32(38)33-17-8-10-20-39(33)45;1-2-8-19(9-3-1)20-14-15-21-23-16-17-24-22-10-4-6-12-27(22)32-28-13-7-5-11-25(28)31(26(21)18-20)29(23)30(24)32;1-3-11-21(12-4-1)22-19-25-24-15-7-8-16-26(24)31-27-17-9-10-18-28(27)32(29(20-22)30(25)31)23-13-5-2-6-14-23/h1-27H;1-18H;1-20H. The predicted octanol–water partition coefficient (Wildman–Crippen LogP) is 19.6. The number of para-hydroxylation sites is 7. The molecule has 0 amide bonds. The lowest BCUT2D eigenvalue weighted by atomic mass is 9.37. The molecule has 2 aromatic heterocycles. The fourth-order valence-corrected chi connectivity index (χ4v) is 19.6. The van der Waals surface area contributed by atoms with E-state index in [4.69, 9.17) is 0 Å².